The first-order chi connectivity index (χ1) is 12.3. The molecule has 1 unspecified atom stereocenters. The lowest BCUT2D eigenvalue weighted by Crippen LogP contribution is -2.34. The Morgan fingerprint density at radius 1 is 1.16 bits per heavy atom. The average Bonchev–Trinajstić information content (AvgIpc) is 3.37. The fourth-order valence-corrected chi connectivity index (χ4v) is 3.62. The molecule has 1 fully saturated rings. The predicted octanol–water partition coefficient (Wildman–Crippen LogP) is 3.14. The normalized spacial score (nSPS) is 20.0. The van der Waals surface area contributed by atoms with Crippen molar-refractivity contribution < 1.29 is 4.79 Å². The number of nitrogens with one attached hydrogen (secondary N) is 1. The number of nitrogens with zero attached hydrogens (tertiary/aromatic N) is 3. The summed E-state index contributed by atoms with van der Waals surface area (Å²) in [6.07, 6.45) is 8.17. The quantitative estimate of drug-likeness (QED) is 0.880. The highest BCUT2D eigenvalue weighted by atomic mass is 16.2. The maximum atomic E-state index is 12.7. The fourth-order valence-electron chi connectivity index (χ4n) is 3.62. The minimum Gasteiger partial charge on any atom is -0.370 e. The predicted molar refractivity (Wildman–Crippen MR) is 98.0 cm³/mol. The lowest BCUT2D eigenvalue weighted by molar-refractivity contribution is -0.132. The first-order valence-corrected chi connectivity index (χ1v) is 9.34. The second-order valence-electron chi connectivity index (χ2n) is 7.37. The van der Waals surface area contributed by atoms with Gasteiger partial charge in [0.25, 0.3) is 0 Å². The van der Waals surface area contributed by atoms with Crippen molar-refractivity contribution in [3.8, 4) is 0 Å². The molecule has 2 aromatic heterocycles. The highest BCUT2D eigenvalue weighted by Gasteiger charge is 2.30. The topological polar surface area (TPSA) is 50.2 Å². The SMILES string of the molecule is O=C(CC1CC1)N1Cc2cccn2CC(CCNc2ccccn2)C1. The largest absolute Gasteiger partial charge is 0.370 e. The van der Waals surface area contributed by atoms with E-state index in [2.05, 4.69) is 38.1 Å². The van der Waals surface area contributed by atoms with Gasteiger partial charge in [0.2, 0.25) is 5.91 Å². The van der Waals surface area contributed by atoms with Crippen LogP contribution in [0.15, 0.2) is 42.7 Å². The highest BCUT2D eigenvalue weighted by molar-refractivity contribution is 5.76. The Labute approximate surface area is 149 Å². The average molecular weight is 338 g/mol. The van der Waals surface area contributed by atoms with Gasteiger partial charge in [-0.3, -0.25) is 4.79 Å². The van der Waals surface area contributed by atoms with Crippen LogP contribution in [0.5, 0.6) is 0 Å². The van der Waals surface area contributed by atoms with E-state index < -0.39 is 0 Å². The monoisotopic (exact) mass is 338 g/mol. The van der Waals surface area contributed by atoms with Gasteiger partial charge in [-0.15, -0.1) is 0 Å². The molecule has 5 nitrogen and oxygen atoms in total. The van der Waals surface area contributed by atoms with Crippen molar-refractivity contribution in [2.75, 3.05) is 18.4 Å². The molecule has 2 aromatic rings. The van der Waals surface area contributed by atoms with E-state index >= 15 is 0 Å². The van der Waals surface area contributed by atoms with Crippen LogP contribution in [-0.4, -0.2) is 33.4 Å². The summed E-state index contributed by atoms with van der Waals surface area (Å²) in [5.41, 5.74) is 1.25. The van der Waals surface area contributed by atoms with Crippen molar-refractivity contribution >= 4 is 11.7 Å². The second-order valence-corrected chi connectivity index (χ2v) is 7.37. The van der Waals surface area contributed by atoms with Crippen molar-refractivity contribution in [2.24, 2.45) is 11.8 Å². The molecule has 132 valence electrons. The summed E-state index contributed by atoms with van der Waals surface area (Å²) >= 11 is 0. The summed E-state index contributed by atoms with van der Waals surface area (Å²) in [5.74, 6) is 2.36. The minimum atomic E-state index is 0.333. The van der Waals surface area contributed by atoms with Gasteiger partial charge in [0.15, 0.2) is 0 Å². The standard InChI is InChI=1S/C20H26N4O/c25-20(12-16-6-7-16)24-14-17(13-23-11-3-4-18(23)15-24)8-10-22-19-5-1-2-9-21-19/h1-5,9,11,16-17H,6-8,10,12-15H2,(H,21,22). The number of anilines is 1. The van der Waals surface area contributed by atoms with Crippen LogP contribution in [0.25, 0.3) is 0 Å². The first-order valence-electron chi connectivity index (χ1n) is 9.34. The molecule has 1 amide bonds. The van der Waals surface area contributed by atoms with Crippen LogP contribution in [0, 0.1) is 11.8 Å². The molecule has 4 rings (SSSR count). The molecule has 3 heterocycles. The number of hydrogen-bond acceptors (Lipinski definition) is 3. The lowest BCUT2D eigenvalue weighted by atomic mass is 10.0. The van der Waals surface area contributed by atoms with Gasteiger partial charge in [0.05, 0.1) is 6.54 Å². The molecule has 0 spiro atoms. The van der Waals surface area contributed by atoms with E-state index in [-0.39, 0.29) is 0 Å². The molecule has 0 bridgehead atoms. The number of fused-ring (bicyclic) bond motifs is 1. The van der Waals surface area contributed by atoms with Gasteiger partial charge in [0.1, 0.15) is 5.82 Å². The first kappa shape index (κ1) is 16.2. The third-order valence-corrected chi connectivity index (χ3v) is 5.25. The number of carbonyl (C=O) groups excluding carboxylic acids is 1. The third kappa shape index (κ3) is 4.21. The van der Waals surface area contributed by atoms with Gasteiger partial charge in [-0.25, -0.2) is 4.98 Å². The molecule has 2 aliphatic rings. The van der Waals surface area contributed by atoms with Crippen LogP contribution in [0.3, 0.4) is 0 Å². The molecule has 1 saturated carbocycles. The van der Waals surface area contributed by atoms with E-state index in [0.717, 1.165) is 44.8 Å². The Morgan fingerprint density at radius 2 is 2.08 bits per heavy atom. The Balaban J connectivity index is 1.38. The summed E-state index contributed by atoms with van der Waals surface area (Å²) in [6.45, 7) is 3.47. The van der Waals surface area contributed by atoms with E-state index in [1.165, 1.54) is 18.5 Å². The lowest BCUT2D eigenvalue weighted by Gasteiger charge is -2.24. The van der Waals surface area contributed by atoms with Gasteiger partial charge in [-0.1, -0.05) is 6.07 Å². The van der Waals surface area contributed by atoms with Crippen LogP contribution >= 0.6 is 0 Å². The van der Waals surface area contributed by atoms with Crippen molar-refractivity contribution in [3.63, 3.8) is 0 Å². The molecule has 1 aliphatic heterocycles. The molecule has 1 aliphatic carbocycles. The van der Waals surface area contributed by atoms with E-state index in [1.54, 1.807) is 6.20 Å². The molecule has 0 aromatic carbocycles. The van der Waals surface area contributed by atoms with Crippen LogP contribution in [0.4, 0.5) is 5.82 Å². The number of carbonyl (C=O) groups is 1. The molecule has 0 radical (unpaired) electrons. The maximum absolute atomic E-state index is 12.7. The summed E-state index contributed by atoms with van der Waals surface area (Å²) in [6, 6.07) is 10.1. The highest BCUT2D eigenvalue weighted by Crippen LogP contribution is 2.33. The Bertz CT molecular complexity index is 707. The number of amides is 1. The molecule has 1 atom stereocenters. The minimum absolute atomic E-state index is 0.333. The molecular formula is C20H26N4O. The number of rotatable bonds is 6. The zero-order valence-electron chi connectivity index (χ0n) is 14.6. The van der Waals surface area contributed by atoms with Gasteiger partial charge in [-0.2, -0.15) is 0 Å². The molecular weight excluding hydrogens is 312 g/mol. The van der Waals surface area contributed by atoms with Gasteiger partial charge in [0, 0.05) is 44.1 Å². The molecule has 5 heteroatoms. The van der Waals surface area contributed by atoms with Crippen LogP contribution in [-0.2, 0) is 17.9 Å². The summed E-state index contributed by atoms with van der Waals surface area (Å²) in [5, 5.41) is 3.39. The molecule has 25 heavy (non-hydrogen) atoms. The second kappa shape index (κ2) is 7.30. The maximum Gasteiger partial charge on any atom is 0.223 e. The van der Waals surface area contributed by atoms with Crippen LogP contribution in [0.2, 0.25) is 0 Å². The fraction of sp³-hybridized carbons (Fsp3) is 0.500. The Morgan fingerprint density at radius 3 is 2.88 bits per heavy atom. The van der Waals surface area contributed by atoms with Crippen molar-refractivity contribution in [2.45, 2.75) is 38.8 Å². The van der Waals surface area contributed by atoms with E-state index in [4.69, 9.17) is 0 Å². The Kier molecular flexibility index (Phi) is 4.72. The van der Waals surface area contributed by atoms with Crippen LogP contribution in [0.1, 0.15) is 31.4 Å². The number of hydrogen-bond donors (Lipinski definition) is 1. The zero-order valence-corrected chi connectivity index (χ0v) is 14.6. The zero-order chi connectivity index (χ0) is 17.1. The van der Waals surface area contributed by atoms with E-state index in [9.17, 15) is 4.79 Å². The van der Waals surface area contributed by atoms with Crippen molar-refractivity contribution in [3.05, 3.63) is 48.4 Å². The summed E-state index contributed by atoms with van der Waals surface area (Å²) < 4.78 is 2.32. The number of pyridine rings is 1. The van der Waals surface area contributed by atoms with Gasteiger partial charge in [-0.05, 0) is 55.4 Å². The van der Waals surface area contributed by atoms with Gasteiger partial charge >= 0.3 is 0 Å². The van der Waals surface area contributed by atoms with Crippen LogP contribution < -0.4 is 5.32 Å². The van der Waals surface area contributed by atoms with Crippen molar-refractivity contribution in [1.29, 1.82) is 0 Å². The molecule has 1 N–H and O–H groups in total. The smallest absolute Gasteiger partial charge is 0.223 e. The number of aromatic nitrogens is 2. The molecule has 0 saturated heterocycles. The van der Waals surface area contributed by atoms with Gasteiger partial charge < -0.3 is 14.8 Å². The summed E-state index contributed by atoms with van der Waals surface area (Å²) in [4.78, 5) is 19.1. The third-order valence-electron chi connectivity index (χ3n) is 5.25. The summed E-state index contributed by atoms with van der Waals surface area (Å²) in [7, 11) is 0. The Hall–Kier alpha value is -2.30. The van der Waals surface area contributed by atoms with Crippen molar-refractivity contribution in [1.82, 2.24) is 14.5 Å². The van der Waals surface area contributed by atoms with E-state index in [0.29, 0.717) is 17.7 Å². The van der Waals surface area contributed by atoms with E-state index in [1.807, 2.05) is 18.2 Å².